The van der Waals surface area contributed by atoms with Crippen LogP contribution >= 0.6 is 0 Å². The number of benzene rings is 1. The van der Waals surface area contributed by atoms with Crippen LogP contribution in [0.4, 0.5) is 0 Å². The van der Waals surface area contributed by atoms with Crippen molar-refractivity contribution in [3.8, 4) is 0 Å². The van der Waals surface area contributed by atoms with Crippen molar-refractivity contribution in [2.75, 3.05) is 6.61 Å². The van der Waals surface area contributed by atoms with Gasteiger partial charge in [0.25, 0.3) is 0 Å². The van der Waals surface area contributed by atoms with Gasteiger partial charge in [0.2, 0.25) is 10.0 Å². The van der Waals surface area contributed by atoms with Crippen molar-refractivity contribution in [3.63, 3.8) is 0 Å². The second-order valence-corrected chi connectivity index (χ2v) is 15.4. The van der Waals surface area contributed by atoms with Crippen LogP contribution in [0.2, 0.25) is 18.1 Å². The lowest BCUT2D eigenvalue weighted by molar-refractivity contribution is 0.275. The molecule has 1 aromatic rings. The minimum atomic E-state index is -3.64. The molecule has 0 amide bonds. The van der Waals surface area contributed by atoms with Crippen LogP contribution in [0.15, 0.2) is 34.9 Å². The fraction of sp³-hybridized carbons (Fsp3) is 0.591. The summed E-state index contributed by atoms with van der Waals surface area (Å²) >= 11 is 0. The van der Waals surface area contributed by atoms with E-state index in [1.807, 2.05) is 39.8 Å². The number of aryl methyl sites for hydroxylation is 3. The molecule has 0 aliphatic rings. The Hall–Kier alpha value is -1.17. The van der Waals surface area contributed by atoms with Crippen LogP contribution in [0.1, 0.15) is 50.8 Å². The van der Waals surface area contributed by atoms with E-state index < -0.39 is 18.3 Å². The van der Waals surface area contributed by atoms with Crippen molar-refractivity contribution in [1.82, 2.24) is 4.72 Å². The molecule has 1 rings (SSSR count). The molecule has 0 saturated heterocycles. The van der Waals surface area contributed by atoms with Gasteiger partial charge in [0.1, 0.15) is 0 Å². The molecule has 0 radical (unpaired) electrons. The van der Waals surface area contributed by atoms with Crippen molar-refractivity contribution in [1.29, 1.82) is 0 Å². The third-order valence-electron chi connectivity index (χ3n) is 5.34. The molecule has 0 aliphatic carbocycles. The monoisotopic (exact) mass is 423 g/mol. The third kappa shape index (κ3) is 6.71. The minimum absolute atomic E-state index is 0.122. The predicted octanol–water partition coefficient (Wildman–Crippen LogP) is 5.40. The highest BCUT2D eigenvalue weighted by Crippen LogP contribution is 2.36. The van der Waals surface area contributed by atoms with Gasteiger partial charge in [-0.05, 0) is 75.5 Å². The molecule has 0 aliphatic heterocycles. The van der Waals surface area contributed by atoms with E-state index in [9.17, 15) is 8.42 Å². The maximum Gasteiger partial charge on any atom is 0.241 e. The van der Waals surface area contributed by atoms with Gasteiger partial charge in [-0.3, -0.25) is 0 Å². The summed E-state index contributed by atoms with van der Waals surface area (Å²) in [5.74, 6) is 0. The highest BCUT2D eigenvalue weighted by atomic mass is 32.2. The molecular weight excluding hydrogens is 386 g/mol. The molecule has 0 fully saturated rings. The van der Waals surface area contributed by atoms with E-state index in [0.717, 1.165) is 16.7 Å². The van der Waals surface area contributed by atoms with E-state index in [1.165, 1.54) is 0 Å². The molecule has 158 valence electrons. The molecule has 0 heterocycles. The van der Waals surface area contributed by atoms with Crippen LogP contribution < -0.4 is 4.72 Å². The van der Waals surface area contributed by atoms with Gasteiger partial charge in [-0.15, -0.1) is 5.73 Å². The Morgan fingerprint density at radius 3 is 2.18 bits per heavy atom. The van der Waals surface area contributed by atoms with Gasteiger partial charge in [0, 0.05) is 12.6 Å². The Morgan fingerprint density at radius 2 is 1.71 bits per heavy atom. The first kappa shape index (κ1) is 24.9. The Morgan fingerprint density at radius 1 is 1.18 bits per heavy atom. The summed E-state index contributed by atoms with van der Waals surface area (Å²) in [4.78, 5) is 0.363. The zero-order valence-corrected chi connectivity index (χ0v) is 20.8. The molecule has 1 atom stereocenters. The smallest absolute Gasteiger partial charge is 0.241 e. The normalized spacial score (nSPS) is 13.8. The SMILES string of the molecule is CC=C=C[C@H](CCO[Si](C)(C)C(C)(C)C)NS(=O)(=O)c1c(C)cc(C)cc1C. The van der Waals surface area contributed by atoms with Gasteiger partial charge in [0.15, 0.2) is 8.32 Å². The van der Waals surface area contributed by atoms with E-state index in [4.69, 9.17) is 4.43 Å². The third-order valence-corrected chi connectivity index (χ3v) is 11.7. The Bertz CT molecular complexity index is 822. The Balaban J connectivity index is 3.03. The molecule has 1 aromatic carbocycles. The largest absolute Gasteiger partial charge is 0.417 e. The zero-order valence-electron chi connectivity index (χ0n) is 18.9. The lowest BCUT2D eigenvalue weighted by Crippen LogP contribution is -2.42. The van der Waals surface area contributed by atoms with Crippen molar-refractivity contribution in [2.24, 2.45) is 0 Å². The number of rotatable bonds is 8. The summed E-state index contributed by atoms with van der Waals surface area (Å²) in [7, 11) is -5.51. The quantitative estimate of drug-likeness (QED) is 0.450. The molecule has 4 nitrogen and oxygen atoms in total. The number of hydrogen-bond donors (Lipinski definition) is 1. The first-order valence-corrected chi connectivity index (χ1v) is 14.2. The second-order valence-electron chi connectivity index (χ2n) is 8.98. The number of nitrogens with one attached hydrogen (secondary N) is 1. The maximum absolute atomic E-state index is 13.1. The van der Waals surface area contributed by atoms with Crippen LogP contribution in [0.3, 0.4) is 0 Å². The molecule has 0 bridgehead atoms. The van der Waals surface area contributed by atoms with Crippen molar-refractivity contribution >= 4 is 18.3 Å². The van der Waals surface area contributed by atoms with Crippen LogP contribution in [0.5, 0.6) is 0 Å². The first-order valence-electron chi connectivity index (χ1n) is 9.82. The van der Waals surface area contributed by atoms with Crippen molar-refractivity contribution in [2.45, 2.75) is 84.0 Å². The molecule has 28 heavy (non-hydrogen) atoms. The molecule has 0 unspecified atom stereocenters. The molecule has 0 saturated carbocycles. The van der Waals surface area contributed by atoms with E-state index >= 15 is 0 Å². The highest BCUT2D eigenvalue weighted by molar-refractivity contribution is 7.89. The fourth-order valence-electron chi connectivity index (χ4n) is 2.90. The fourth-order valence-corrected chi connectivity index (χ4v) is 5.62. The van der Waals surface area contributed by atoms with Gasteiger partial charge in [-0.25, -0.2) is 13.1 Å². The van der Waals surface area contributed by atoms with Crippen molar-refractivity contribution in [3.05, 3.63) is 46.7 Å². The van der Waals surface area contributed by atoms with Gasteiger partial charge in [0.05, 0.1) is 4.90 Å². The van der Waals surface area contributed by atoms with Crippen molar-refractivity contribution < 1.29 is 12.8 Å². The summed E-state index contributed by atoms with van der Waals surface area (Å²) in [6, 6.07) is 3.43. The summed E-state index contributed by atoms with van der Waals surface area (Å²) in [5, 5.41) is 0.122. The van der Waals surface area contributed by atoms with E-state index in [1.54, 1.807) is 12.2 Å². The molecule has 0 aromatic heterocycles. The number of sulfonamides is 1. The lowest BCUT2D eigenvalue weighted by atomic mass is 10.1. The van der Waals surface area contributed by atoms with Crippen LogP contribution in [0.25, 0.3) is 0 Å². The highest BCUT2D eigenvalue weighted by Gasteiger charge is 2.37. The standard InChI is InChI=1S/C22H37NO3SSi/c1-10-11-12-20(13-14-26-28(8,9)22(5,6)7)23-27(24,25)21-18(3)15-17(2)16-19(21)4/h10,12,15-16,20,23H,13-14H2,1-9H3/t11?,20-/m1/s1. The van der Waals surface area contributed by atoms with E-state index in [0.29, 0.717) is 17.9 Å². The van der Waals surface area contributed by atoms with Crippen LogP contribution in [0, 0.1) is 20.8 Å². The van der Waals surface area contributed by atoms with Crippen LogP contribution in [-0.4, -0.2) is 29.4 Å². The van der Waals surface area contributed by atoms with E-state index in [2.05, 4.69) is 44.3 Å². The summed E-state index contributed by atoms with van der Waals surface area (Å²) < 4.78 is 35.2. The van der Waals surface area contributed by atoms with Gasteiger partial charge in [-0.2, -0.15) is 0 Å². The van der Waals surface area contributed by atoms with Crippen LogP contribution in [-0.2, 0) is 14.4 Å². The summed E-state index contributed by atoms with van der Waals surface area (Å²) in [6.07, 6.45) is 4.11. The molecule has 0 spiro atoms. The molecule has 6 heteroatoms. The summed E-state index contributed by atoms with van der Waals surface area (Å²) in [6.45, 7) is 19.0. The predicted molar refractivity (Wildman–Crippen MR) is 121 cm³/mol. The molecule has 1 N–H and O–H groups in total. The van der Waals surface area contributed by atoms with Gasteiger partial charge >= 0.3 is 0 Å². The first-order chi connectivity index (χ1) is 12.7. The molecular formula is C22H37NO3SSi. The average Bonchev–Trinajstić information content (AvgIpc) is 2.49. The summed E-state index contributed by atoms with van der Waals surface area (Å²) in [5.41, 5.74) is 5.60. The maximum atomic E-state index is 13.1. The average molecular weight is 424 g/mol. The van der Waals surface area contributed by atoms with Gasteiger partial charge in [-0.1, -0.05) is 38.5 Å². The second kappa shape index (κ2) is 9.55. The topological polar surface area (TPSA) is 55.4 Å². The minimum Gasteiger partial charge on any atom is -0.417 e. The Kier molecular flexibility index (Phi) is 8.48. The Labute approximate surface area is 173 Å². The van der Waals surface area contributed by atoms with E-state index in [-0.39, 0.29) is 11.1 Å². The zero-order chi connectivity index (χ0) is 21.8. The number of hydrogen-bond acceptors (Lipinski definition) is 3. The lowest BCUT2D eigenvalue weighted by Gasteiger charge is -2.36. The van der Waals surface area contributed by atoms with Gasteiger partial charge < -0.3 is 4.43 Å².